The molecular formula is C20H16BrN3O4. The van der Waals surface area contributed by atoms with E-state index in [0.717, 1.165) is 16.6 Å². The second kappa shape index (κ2) is 8.59. The van der Waals surface area contributed by atoms with E-state index in [2.05, 4.69) is 36.7 Å². The van der Waals surface area contributed by atoms with Gasteiger partial charge in [-0.3, -0.25) is 0 Å². The molecule has 0 unspecified atom stereocenters. The van der Waals surface area contributed by atoms with Crippen molar-refractivity contribution in [2.45, 2.75) is 0 Å². The molecule has 0 fully saturated rings. The van der Waals surface area contributed by atoms with Gasteiger partial charge in [-0.2, -0.15) is 5.26 Å². The smallest absolute Gasteiger partial charge is 0.343 e. The number of benzene rings is 2. The summed E-state index contributed by atoms with van der Waals surface area (Å²) in [5, 5.41) is 9.57. The summed E-state index contributed by atoms with van der Waals surface area (Å²) in [6.07, 6.45) is 1.71. The van der Waals surface area contributed by atoms with Crippen LogP contribution in [-0.2, 0) is 9.53 Å². The van der Waals surface area contributed by atoms with Crippen molar-refractivity contribution >= 4 is 44.6 Å². The van der Waals surface area contributed by atoms with Crippen LogP contribution in [0.4, 0.5) is 0 Å². The molecule has 3 aromatic rings. The van der Waals surface area contributed by atoms with Gasteiger partial charge in [-0.25, -0.2) is 9.78 Å². The van der Waals surface area contributed by atoms with E-state index in [9.17, 15) is 10.1 Å². The van der Waals surface area contributed by atoms with E-state index in [-0.39, 0.29) is 6.61 Å². The number of imidazole rings is 1. The summed E-state index contributed by atoms with van der Waals surface area (Å²) < 4.78 is 15.8. The second-order valence-corrected chi connectivity index (χ2v) is 6.55. The normalized spacial score (nSPS) is 11.1. The van der Waals surface area contributed by atoms with Crippen LogP contribution in [0.3, 0.4) is 0 Å². The lowest BCUT2D eigenvalue weighted by Crippen LogP contribution is -2.12. The first-order chi connectivity index (χ1) is 13.5. The first kappa shape index (κ1) is 19.5. The Hall–Kier alpha value is -3.31. The molecule has 28 heavy (non-hydrogen) atoms. The topological polar surface area (TPSA) is 97.2 Å². The van der Waals surface area contributed by atoms with Gasteiger partial charge in [-0.05, 0) is 51.8 Å². The van der Waals surface area contributed by atoms with E-state index >= 15 is 0 Å². The van der Waals surface area contributed by atoms with Crippen LogP contribution in [0.15, 0.2) is 40.9 Å². The molecule has 3 rings (SSSR count). The molecular weight excluding hydrogens is 426 g/mol. The number of aromatic amines is 1. The Balaban J connectivity index is 1.87. The highest BCUT2D eigenvalue weighted by atomic mass is 79.9. The summed E-state index contributed by atoms with van der Waals surface area (Å²) in [5.74, 6) is 1.20. The fraction of sp³-hybridized carbons (Fsp3) is 0.150. The lowest BCUT2D eigenvalue weighted by Gasteiger charge is -2.07. The molecule has 7 nitrogen and oxygen atoms in total. The fourth-order valence-electron chi connectivity index (χ4n) is 2.48. The van der Waals surface area contributed by atoms with Crippen LogP contribution in [0.25, 0.3) is 22.7 Å². The van der Waals surface area contributed by atoms with Crippen molar-refractivity contribution in [2.24, 2.45) is 0 Å². The number of nitrogens with one attached hydrogen (secondary N) is 1. The quantitative estimate of drug-likeness (QED) is 0.459. The molecule has 0 atom stereocenters. The Morgan fingerprint density at radius 2 is 2.11 bits per heavy atom. The number of esters is 1. The van der Waals surface area contributed by atoms with Crippen LogP contribution in [0.1, 0.15) is 11.4 Å². The Bertz CT molecular complexity index is 1100. The summed E-state index contributed by atoms with van der Waals surface area (Å²) in [5.41, 5.74) is 2.67. The van der Waals surface area contributed by atoms with Gasteiger partial charge < -0.3 is 19.2 Å². The van der Waals surface area contributed by atoms with Gasteiger partial charge in [0.1, 0.15) is 23.4 Å². The number of aromatic nitrogens is 2. The first-order valence-electron chi connectivity index (χ1n) is 8.19. The predicted octanol–water partition coefficient (Wildman–Crippen LogP) is 3.95. The molecule has 1 aromatic heterocycles. The number of nitrogens with zero attached hydrogens (tertiary/aromatic N) is 2. The summed E-state index contributed by atoms with van der Waals surface area (Å²) in [6.45, 7) is -0.184. The van der Waals surface area contributed by atoms with Crippen LogP contribution in [0.2, 0.25) is 0 Å². The van der Waals surface area contributed by atoms with Crippen molar-refractivity contribution in [3.63, 3.8) is 0 Å². The number of nitriles is 1. The number of halogens is 1. The van der Waals surface area contributed by atoms with Crippen LogP contribution in [0.5, 0.6) is 11.5 Å². The van der Waals surface area contributed by atoms with E-state index in [0.29, 0.717) is 27.4 Å². The van der Waals surface area contributed by atoms with E-state index in [1.54, 1.807) is 31.4 Å². The zero-order chi connectivity index (χ0) is 20.1. The molecule has 0 aliphatic rings. The maximum atomic E-state index is 11.2. The molecule has 142 valence electrons. The highest BCUT2D eigenvalue weighted by molar-refractivity contribution is 9.10. The van der Waals surface area contributed by atoms with Gasteiger partial charge in [0.2, 0.25) is 0 Å². The van der Waals surface area contributed by atoms with Gasteiger partial charge in [0, 0.05) is 6.07 Å². The second-order valence-electron chi connectivity index (χ2n) is 5.69. The van der Waals surface area contributed by atoms with Crippen molar-refractivity contribution in [1.82, 2.24) is 9.97 Å². The third-order valence-electron chi connectivity index (χ3n) is 3.90. The highest BCUT2D eigenvalue weighted by Gasteiger charge is 2.10. The van der Waals surface area contributed by atoms with Crippen molar-refractivity contribution < 1.29 is 19.0 Å². The van der Waals surface area contributed by atoms with E-state index in [4.69, 9.17) is 9.47 Å². The number of hydrogen-bond donors (Lipinski definition) is 1. The van der Waals surface area contributed by atoms with E-state index in [1.807, 2.05) is 18.2 Å². The molecule has 0 aliphatic carbocycles. The number of methoxy groups -OCH3 is 2. The summed E-state index contributed by atoms with van der Waals surface area (Å²) in [7, 11) is 2.89. The number of ether oxygens (including phenoxy) is 3. The van der Waals surface area contributed by atoms with Gasteiger partial charge in [-0.1, -0.05) is 6.07 Å². The molecule has 0 bridgehead atoms. The van der Waals surface area contributed by atoms with Crippen molar-refractivity contribution in [1.29, 1.82) is 5.26 Å². The largest absolute Gasteiger partial charge is 0.497 e. The molecule has 0 aliphatic heterocycles. The molecule has 1 heterocycles. The number of rotatable bonds is 6. The molecule has 0 radical (unpaired) electrons. The third kappa shape index (κ3) is 4.32. The minimum Gasteiger partial charge on any atom is -0.497 e. The zero-order valence-electron chi connectivity index (χ0n) is 15.2. The summed E-state index contributed by atoms with van der Waals surface area (Å²) in [4.78, 5) is 18.8. The lowest BCUT2D eigenvalue weighted by atomic mass is 10.1. The van der Waals surface area contributed by atoms with Gasteiger partial charge >= 0.3 is 5.97 Å². The molecule has 0 saturated heterocycles. The van der Waals surface area contributed by atoms with Crippen molar-refractivity contribution in [2.75, 3.05) is 20.8 Å². The number of H-pyrrole nitrogens is 1. The SMILES string of the molecule is COC(=O)COc1ccc(C=C(C#N)c2nc3ccc(OC)cc3[nH]2)cc1Br. The Kier molecular flexibility index (Phi) is 5.96. The number of hydrogen-bond acceptors (Lipinski definition) is 6. The fourth-order valence-corrected chi connectivity index (χ4v) is 2.99. The van der Waals surface area contributed by atoms with Gasteiger partial charge in [0.05, 0.1) is 35.3 Å². The number of carbonyl (C=O) groups excluding carboxylic acids is 1. The number of allylic oxidation sites excluding steroid dienone is 1. The Labute approximate surface area is 169 Å². The van der Waals surface area contributed by atoms with E-state index in [1.165, 1.54) is 7.11 Å². The van der Waals surface area contributed by atoms with Crippen molar-refractivity contribution in [3.8, 4) is 17.6 Å². The van der Waals surface area contributed by atoms with Crippen LogP contribution >= 0.6 is 15.9 Å². The van der Waals surface area contributed by atoms with Crippen LogP contribution in [0, 0.1) is 11.3 Å². The standard InChI is InChI=1S/C20H16BrN3O4/c1-26-14-4-5-16-17(9-14)24-20(23-16)13(10-22)7-12-3-6-18(15(21)8-12)28-11-19(25)27-2/h3-9H,11H2,1-2H3,(H,23,24). The van der Waals surface area contributed by atoms with Gasteiger partial charge in [-0.15, -0.1) is 0 Å². The molecule has 0 spiro atoms. The predicted molar refractivity (Wildman–Crippen MR) is 108 cm³/mol. The van der Waals surface area contributed by atoms with Crippen molar-refractivity contribution in [3.05, 3.63) is 52.3 Å². The summed E-state index contributed by atoms with van der Waals surface area (Å²) in [6, 6.07) is 12.9. The third-order valence-corrected chi connectivity index (χ3v) is 4.52. The van der Waals surface area contributed by atoms with E-state index < -0.39 is 5.97 Å². The minimum absolute atomic E-state index is 0.184. The van der Waals surface area contributed by atoms with Gasteiger partial charge in [0.15, 0.2) is 6.61 Å². The first-order valence-corrected chi connectivity index (χ1v) is 8.98. The maximum Gasteiger partial charge on any atom is 0.343 e. The lowest BCUT2D eigenvalue weighted by molar-refractivity contribution is -0.142. The Morgan fingerprint density at radius 1 is 1.29 bits per heavy atom. The van der Waals surface area contributed by atoms with Crippen LogP contribution in [-0.4, -0.2) is 36.8 Å². The molecule has 2 aromatic carbocycles. The van der Waals surface area contributed by atoms with Gasteiger partial charge in [0.25, 0.3) is 0 Å². The number of fused-ring (bicyclic) bond motifs is 1. The van der Waals surface area contributed by atoms with Crippen LogP contribution < -0.4 is 9.47 Å². The number of carbonyl (C=O) groups is 1. The average molecular weight is 442 g/mol. The minimum atomic E-state index is -0.468. The average Bonchev–Trinajstić information content (AvgIpc) is 3.13. The zero-order valence-corrected chi connectivity index (χ0v) is 16.7. The Morgan fingerprint density at radius 3 is 2.79 bits per heavy atom. The molecule has 0 amide bonds. The molecule has 1 N–H and O–H groups in total. The monoisotopic (exact) mass is 441 g/mol. The summed E-state index contributed by atoms with van der Waals surface area (Å²) >= 11 is 3.40. The molecule has 8 heteroatoms. The maximum absolute atomic E-state index is 11.2. The molecule has 0 saturated carbocycles. The highest BCUT2D eigenvalue weighted by Crippen LogP contribution is 2.28.